The third-order valence-corrected chi connectivity index (χ3v) is 5.41. The number of aromatic hydroxyl groups is 1. The predicted molar refractivity (Wildman–Crippen MR) is 109 cm³/mol. The van der Waals surface area contributed by atoms with Crippen molar-refractivity contribution in [1.29, 1.82) is 0 Å². The fourth-order valence-corrected chi connectivity index (χ4v) is 4.09. The smallest absolute Gasteiger partial charge is 0.235 e. The van der Waals surface area contributed by atoms with Crippen LogP contribution >= 0.6 is 0 Å². The molecule has 0 radical (unpaired) electrons. The maximum Gasteiger partial charge on any atom is 0.235 e. The van der Waals surface area contributed by atoms with Gasteiger partial charge in [0.25, 0.3) is 0 Å². The molecule has 5 nitrogen and oxygen atoms in total. The molecule has 0 bridgehead atoms. The van der Waals surface area contributed by atoms with E-state index < -0.39 is 0 Å². The van der Waals surface area contributed by atoms with Crippen LogP contribution in [0.15, 0.2) is 39.5 Å². The average Bonchev–Trinajstić information content (AvgIpc) is 3.13. The van der Waals surface area contributed by atoms with Crippen LogP contribution in [-0.4, -0.2) is 18.2 Å². The molecule has 0 atom stereocenters. The number of aryl methyl sites for hydroxylation is 3. The van der Waals surface area contributed by atoms with Crippen LogP contribution in [0.1, 0.15) is 35.3 Å². The van der Waals surface area contributed by atoms with E-state index in [1.165, 1.54) is 17.7 Å². The molecule has 1 aromatic heterocycles. The minimum atomic E-state index is -0.212. The minimum Gasteiger partial charge on any atom is -0.507 e. The second-order valence-corrected chi connectivity index (χ2v) is 7.82. The van der Waals surface area contributed by atoms with E-state index in [2.05, 4.69) is 6.07 Å². The van der Waals surface area contributed by atoms with Crippen molar-refractivity contribution in [3.8, 4) is 17.2 Å². The number of phenols is 1. The van der Waals surface area contributed by atoms with E-state index in [0.29, 0.717) is 34.6 Å². The average molecular weight is 380 g/mol. The lowest BCUT2D eigenvalue weighted by Crippen LogP contribution is -3.08. The molecule has 2 N–H and O–H groups in total. The molecule has 3 aromatic rings. The number of likely N-dealkylation sites (tertiary alicyclic amines) is 1. The van der Waals surface area contributed by atoms with Crippen LogP contribution in [0.3, 0.4) is 0 Å². The highest BCUT2D eigenvalue weighted by Crippen LogP contribution is 2.31. The highest BCUT2D eigenvalue weighted by Gasteiger charge is 2.23. The van der Waals surface area contributed by atoms with E-state index >= 15 is 0 Å². The van der Waals surface area contributed by atoms with Crippen LogP contribution < -0.4 is 15.1 Å². The normalized spacial score (nSPS) is 14.7. The van der Waals surface area contributed by atoms with Crippen molar-refractivity contribution < 1.29 is 19.2 Å². The molecule has 0 amide bonds. The summed E-state index contributed by atoms with van der Waals surface area (Å²) in [5, 5.41) is 10.9. The van der Waals surface area contributed by atoms with Crippen molar-refractivity contribution in [2.24, 2.45) is 0 Å². The standard InChI is InChI=1S/C23H25NO4/c1-14-10-15(2)12-17(11-14)28-22-16(3)27-23-18(21(22)26)6-7-20(25)19(23)13-24-8-4-5-9-24/h6-7,10-12,25H,4-5,8-9,13H2,1-3H3/p+1. The van der Waals surface area contributed by atoms with Crippen molar-refractivity contribution in [2.75, 3.05) is 13.1 Å². The number of quaternary nitrogens is 1. The van der Waals surface area contributed by atoms with Crippen LogP contribution in [0, 0.1) is 20.8 Å². The van der Waals surface area contributed by atoms with E-state index in [9.17, 15) is 9.90 Å². The molecular weight excluding hydrogens is 354 g/mol. The molecule has 1 aliphatic rings. The van der Waals surface area contributed by atoms with Crippen molar-refractivity contribution in [3.63, 3.8) is 0 Å². The predicted octanol–water partition coefficient (Wildman–Crippen LogP) is 3.39. The number of fused-ring (bicyclic) bond motifs is 1. The van der Waals surface area contributed by atoms with Crippen molar-refractivity contribution in [1.82, 2.24) is 0 Å². The lowest BCUT2D eigenvalue weighted by Gasteiger charge is -2.15. The molecule has 146 valence electrons. The molecule has 1 saturated heterocycles. The maximum atomic E-state index is 13.2. The number of phenolic OH excluding ortho intramolecular Hbond substituents is 1. The fourth-order valence-electron chi connectivity index (χ4n) is 4.09. The van der Waals surface area contributed by atoms with Gasteiger partial charge < -0.3 is 19.2 Å². The van der Waals surface area contributed by atoms with Crippen LogP contribution in [-0.2, 0) is 6.54 Å². The van der Waals surface area contributed by atoms with Crippen molar-refractivity contribution in [3.05, 3.63) is 63.0 Å². The third-order valence-electron chi connectivity index (χ3n) is 5.41. The maximum absolute atomic E-state index is 13.2. The van der Waals surface area contributed by atoms with Crippen LogP contribution in [0.2, 0.25) is 0 Å². The minimum absolute atomic E-state index is 0.178. The van der Waals surface area contributed by atoms with Gasteiger partial charge in [-0.2, -0.15) is 0 Å². The number of benzene rings is 2. The number of hydrogen-bond acceptors (Lipinski definition) is 4. The zero-order chi connectivity index (χ0) is 19.8. The summed E-state index contributed by atoms with van der Waals surface area (Å²) in [4.78, 5) is 14.6. The molecule has 0 aliphatic carbocycles. The summed E-state index contributed by atoms with van der Waals surface area (Å²) >= 11 is 0. The van der Waals surface area contributed by atoms with E-state index in [0.717, 1.165) is 24.2 Å². The van der Waals surface area contributed by atoms with Gasteiger partial charge >= 0.3 is 0 Å². The molecule has 0 unspecified atom stereocenters. The summed E-state index contributed by atoms with van der Waals surface area (Å²) in [7, 11) is 0. The Hall–Kier alpha value is -2.79. The first-order chi connectivity index (χ1) is 13.4. The number of nitrogens with one attached hydrogen (secondary N) is 1. The van der Waals surface area contributed by atoms with Crippen LogP contribution in [0.4, 0.5) is 0 Å². The second kappa shape index (κ2) is 7.32. The zero-order valence-electron chi connectivity index (χ0n) is 16.6. The quantitative estimate of drug-likeness (QED) is 0.728. The molecule has 28 heavy (non-hydrogen) atoms. The Kier molecular flexibility index (Phi) is 4.85. The molecule has 0 saturated carbocycles. The van der Waals surface area contributed by atoms with E-state index in [1.807, 2.05) is 26.0 Å². The Labute approximate surface area is 164 Å². The highest BCUT2D eigenvalue weighted by atomic mass is 16.5. The van der Waals surface area contributed by atoms with Gasteiger partial charge in [-0.15, -0.1) is 0 Å². The molecule has 2 aromatic carbocycles. The molecule has 1 aliphatic heterocycles. The van der Waals surface area contributed by atoms with Crippen LogP contribution in [0.25, 0.3) is 11.0 Å². The molecule has 1 fully saturated rings. The topological polar surface area (TPSA) is 64.1 Å². The Morgan fingerprint density at radius 2 is 1.75 bits per heavy atom. The van der Waals surface area contributed by atoms with Gasteiger partial charge in [0.15, 0.2) is 5.58 Å². The summed E-state index contributed by atoms with van der Waals surface area (Å²) < 4.78 is 12.0. The summed E-state index contributed by atoms with van der Waals surface area (Å²) in [5.74, 6) is 1.41. The largest absolute Gasteiger partial charge is 0.507 e. The van der Waals surface area contributed by atoms with E-state index in [4.69, 9.17) is 9.15 Å². The molecule has 0 spiro atoms. The van der Waals surface area contributed by atoms with Crippen LogP contribution in [0.5, 0.6) is 17.2 Å². The van der Waals surface area contributed by atoms with E-state index in [1.54, 1.807) is 19.1 Å². The number of hydrogen-bond donors (Lipinski definition) is 2. The SMILES string of the molecule is Cc1cc(C)cc(Oc2c(C)oc3c(C[NH+]4CCCC4)c(O)ccc3c2=O)c1. The second-order valence-electron chi connectivity index (χ2n) is 7.82. The molecule has 4 rings (SSSR count). The summed E-state index contributed by atoms with van der Waals surface area (Å²) in [6.07, 6.45) is 2.38. The summed E-state index contributed by atoms with van der Waals surface area (Å²) in [6.45, 7) is 8.52. The number of rotatable bonds is 4. The lowest BCUT2D eigenvalue weighted by atomic mass is 10.1. The van der Waals surface area contributed by atoms with Gasteiger partial charge in [0.1, 0.15) is 23.8 Å². The van der Waals surface area contributed by atoms with Gasteiger partial charge in [0.05, 0.1) is 24.0 Å². The lowest BCUT2D eigenvalue weighted by molar-refractivity contribution is -0.901. The molecule has 2 heterocycles. The first-order valence-corrected chi connectivity index (χ1v) is 9.80. The fraction of sp³-hybridized carbons (Fsp3) is 0.348. The Morgan fingerprint density at radius 3 is 2.43 bits per heavy atom. The molecule has 5 heteroatoms. The highest BCUT2D eigenvalue weighted by molar-refractivity contribution is 5.83. The monoisotopic (exact) mass is 380 g/mol. The Bertz CT molecular complexity index is 1070. The van der Waals surface area contributed by atoms with Gasteiger partial charge in [-0.05, 0) is 56.2 Å². The third kappa shape index (κ3) is 3.50. The van der Waals surface area contributed by atoms with Gasteiger partial charge in [-0.25, -0.2) is 0 Å². The van der Waals surface area contributed by atoms with Gasteiger partial charge in [0, 0.05) is 12.8 Å². The van der Waals surface area contributed by atoms with Gasteiger partial charge in [-0.1, -0.05) is 6.07 Å². The van der Waals surface area contributed by atoms with E-state index in [-0.39, 0.29) is 16.9 Å². The van der Waals surface area contributed by atoms with Crippen molar-refractivity contribution in [2.45, 2.75) is 40.2 Å². The summed E-state index contributed by atoms with van der Waals surface area (Å²) in [6, 6.07) is 9.05. The Morgan fingerprint density at radius 1 is 1.07 bits per heavy atom. The molecular formula is C23H26NO4+. The first-order valence-electron chi connectivity index (χ1n) is 9.80. The van der Waals surface area contributed by atoms with Crippen molar-refractivity contribution >= 4 is 11.0 Å². The number of ether oxygens (including phenoxy) is 1. The summed E-state index contributed by atoms with van der Waals surface area (Å²) in [5.41, 5.74) is 3.09. The Balaban J connectivity index is 1.79. The van der Waals surface area contributed by atoms with Gasteiger partial charge in [0.2, 0.25) is 11.2 Å². The zero-order valence-corrected chi connectivity index (χ0v) is 16.6. The first kappa shape index (κ1) is 18.6. The van der Waals surface area contributed by atoms with Gasteiger partial charge in [-0.3, -0.25) is 4.79 Å².